The van der Waals surface area contributed by atoms with Crippen molar-refractivity contribution in [1.29, 1.82) is 0 Å². The third kappa shape index (κ3) is 4.06. The molecule has 0 bridgehead atoms. The average molecular weight is 272 g/mol. The zero-order valence-corrected chi connectivity index (χ0v) is 12.5. The molecule has 0 aliphatic rings. The molecule has 0 unspecified atom stereocenters. The molecule has 0 saturated heterocycles. The van der Waals surface area contributed by atoms with Gasteiger partial charge in [-0.2, -0.15) is 5.10 Å². The van der Waals surface area contributed by atoms with E-state index < -0.39 is 9.04 Å². The highest BCUT2D eigenvalue weighted by atomic mass is 28.3. The summed E-state index contributed by atoms with van der Waals surface area (Å²) in [6.07, 6.45) is 4.54. The first kappa shape index (κ1) is 13.5. The average Bonchev–Trinajstić information content (AvgIpc) is 2.77. The number of para-hydroxylation sites is 2. The summed E-state index contributed by atoms with van der Waals surface area (Å²) < 4.78 is 7.62. The molecule has 1 heterocycles. The molecule has 1 aromatic heterocycles. The van der Waals surface area contributed by atoms with Crippen molar-refractivity contribution in [1.82, 2.24) is 9.78 Å². The maximum absolute atomic E-state index is 5.82. The van der Waals surface area contributed by atoms with Crippen molar-refractivity contribution in [2.45, 2.75) is 19.5 Å². The van der Waals surface area contributed by atoms with Crippen molar-refractivity contribution in [3.63, 3.8) is 0 Å². The predicted octanol–water partition coefficient (Wildman–Crippen LogP) is 3.00. The second-order valence-electron chi connectivity index (χ2n) is 4.47. The number of hydrogen-bond acceptors (Lipinski definition) is 3. The van der Waals surface area contributed by atoms with Gasteiger partial charge in [0, 0.05) is 25.9 Å². The second kappa shape index (κ2) is 6.33. The van der Waals surface area contributed by atoms with Gasteiger partial charge in [0.2, 0.25) is 0 Å². The molecule has 4 nitrogen and oxygen atoms in total. The van der Waals surface area contributed by atoms with Gasteiger partial charge in [0.05, 0.1) is 5.69 Å². The van der Waals surface area contributed by atoms with Crippen LogP contribution in [0.4, 0.5) is 5.69 Å². The topological polar surface area (TPSA) is 39.4 Å². The van der Waals surface area contributed by atoms with Crippen molar-refractivity contribution in [3.8, 4) is 5.75 Å². The van der Waals surface area contributed by atoms with Crippen LogP contribution in [0.25, 0.3) is 0 Å². The standard InChI is InChI=1S/C14H18N3OSi/c1-17-11-9-12(16-17)8-10-15-13-6-4-5-7-14(13)18-19(2)3/h4-7,9-11H,8H2,1-3H3. The Kier molecular flexibility index (Phi) is 4.51. The van der Waals surface area contributed by atoms with E-state index in [2.05, 4.69) is 23.2 Å². The van der Waals surface area contributed by atoms with Crippen molar-refractivity contribution < 1.29 is 4.43 Å². The number of benzene rings is 1. The van der Waals surface area contributed by atoms with E-state index in [4.69, 9.17) is 4.43 Å². The summed E-state index contributed by atoms with van der Waals surface area (Å²) in [4.78, 5) is 4.48. The van der Waals surface area contributed by atoms with Crippen LogP contribution in [0.3, 0.4) is 0 Å². The maximum atomic E-state index is 5.82. The van der Waals surface area contributed by atoms with Gasteiger partial charge in [-0.1, -0.05) is 12.1 Å². The Hall–Kier alpha value is -1.88. The summed E-state index contributed by atoms with van der Waals surface area (Å²) >= 11 is 0. The molecule has 99 valence electrons. The van der Waals surface area contributed by atoms with Gasteiger partial charge in [-0.05, 0) is 31.3 Å². The Labute approximate surface area is 115 Å². The monoisotopic (exact) mass is 272 g/mol. The summed E-state index contributed by atoms with van der Waals surface area (Å²) in [5.74, 6) is 0.860. The fraction of sp³-hybridized carbons (Fsp3) is 0.286. The SMILES string of the molecule is Cn1ccc(CC=Nc2ccccc2O[Si](C)C)n1. The van der Waals surface area contributed by atoms with E-state index in [1.165, 1.54) is 0 Å². The largest absolute Gasteiger partial charge is 0.541 e. The number of aliphatic imine (C=N–C) groups is 1. The third-order valence-electron chi connectivity index (χ3n) is 2.48. The molecule has 2 rings (SSSR count). The van der Waals surface area contributed by atoms with Gasteiger partial charge in [-0.25, -0.2) is 0 Å². The van der Waals surface area contributed by atoms with Crippen LogP contribution in [0, 0.1) is 0 Å². The first-order valence-corrected chi connectivity index (χ1v) is 8.64. The second-order valence-corrected chi connectivity index (χ2v) is 6.50. The van der Waals surface area contributed by atoms with E-state index >= 15 is 0 Å². The van der Waals surface area contributed by atoms with Gasteiger partial charge in [-0.3, -0.25) is 9.67 Å². The Morgan fingerprint density at radius 1 is 1.32 bits per heavy atom. The van der Waals surface area contributed by atoms with Crippen LogP contribution in [-0.2, 0) is 13.5 Å². The van der Waals surface area contributed by atoms with Crippen molar-refractivity contribution in [3.05, 3.63) is 42.2 Å². The lowest BCUT2D eigenvalue weighted by molar-refractivity contribution is 0.582. The molecule has 0 spiro atoms. The number of rotatable bonds is 5. The number of hydrogen-bond donors (Lipinski definition) is 0. The highest BCUT2D eigenvalue weighted by Crippen LogP contribution is 2.26. The molecule has 1 aromatic carbocycles. The lowest BCUT2D eigenvalue weighted by Gasteiger charge is -2.10. The van der Waals surface area contributed by atoms with Gasteiger partial charge in [0.15, 0.2) is 0 Å². The van der Waals surface area contributed by atoms with E-state index in [0.717, 1.165) is 23.6 Å². The maximum Gasteiger partial charge on any atom is 0.274 e. The predicted molar refractivity (Wildman–Crippen MR) is 79.6 cm³/mol. The van der Waals surface area contributed by atoms with Gasteiger partial charge >= 0.3 is 0 Å². The van der Waals surface area contributed by atoms with Crippen LogP contribution >= 0.6 is 0 Å². The van der Waals surface area contributed by atoms with Gasteiger partial charge in [-0.15, -0.1) is 0 Å². The minimum absolute atomic E-state index is 0.727. The quantitative estimate of drug-likeness (QED) is 0.620. The molecule has 2 aromatic rings. The molecular formula is C14H18N3OSi. The molecule has 0 aliphatic carbocycles. The van der Waals surface area contributed by atoms with Gasteiger partial charge < -0.3 is 4.43 Å². The van der Waals surface area contributed by atoms with E-state index in [1.54, 1.807) is 4.68 Å². The summed E-state index contributed by atoms with van der Waals surface area (Å²) in [6, 6.07) is 9.86. The summed E-state index contributed by atoms with van der Waals surface area (Å²) in [5.41, 5.74) is 1.89. The van der Waals surface area contributed by atoms with Crippen molar-refractivity contribution in [2.24, 2.45) is 12.0 Å². The summed E-state index contributed by atoms with van der Waals surface area (Å²) in [7, 11) is 1.14. The molecule has 0 N–H and O–H groups in total. The first-order chi connectivity index (χ1) is 9.15. The van der Waals surface area contributed by atoms with Crippen LogP contribution in [0.5, 0.6) is 5.75 Å². The molecule has 0 fully saturated rings. The minimum atomic E-state index is -0.771. The molecular weight excluding hydrogens is 254 g/mol. The Morgan fingerprint density at radius 3 is 2.79 bits per heavy atom. The number of aryl methyl sites for hydroxylation is 1. The lowest BCUT2D eigenvalue weighted by Crippen LogP contribution is -2.11. The number of nitrogens with zero attached hydrogens (tertiary/aromatic N) is 3. The zero-order chi connectivity index (χ0) is 13.7. The van der Waals surface area contributed by atoms with Crippen LogP contribution in [0.2, 0.25) is 13.1 Å². The highest BCUT2D eigenvalue weighted by Gasteiger charge is 2.04. The smallest absolute Gasteiger partial charge is 0.274 e. The van der Waals surface area contributed by atoms with Crippen LogP contribution in [-0.4, -0.2) is 25.0 Å². The molecule has 0 saturated carbocycles. The first-order valence-electron chi connectivity index (χ1n) is 6.23. The Bertz CT molecular complexity index is 563. The van der Waals surface area contributed by atoms with E-state index in [-0.39, 0.29) is 0 Å². The molecule has 5 heteroatoms. The molecule has 0 aliphatic heterocycles. The molecule has 0 amide bonds. The third-order valence-corrected chi connectivity index (χ3v) is 3.11. The Balaban J connectivity index is 2.05. The molecule has 19 heavy (non-hydrogen) atoms. The summed E-state index contributed by atoms with van der Waals surface area (Å²) in [5, 5.41) is 4.31. The minimum Gasteiger partial charge on any atom is -0.541 e. The fourth-order valence-corrected chi connectivity index (χ4v) is 2.29. The van der Waals surface area contributed by atoms with Crippen molar-refractivity contribution >= 4 is 20.9 Å². The van der Waals surface area contributed by atoms with Crippen LogP contribution < -0.4 is 4.43 Å². The van der Waals surface area contributed by atoms with Crippen LogP contribution in [0.15, 0.2) is 41.5 Å². The normalized spacial score (nSPS) is 11.4. The summed E-state index contributed by atoms with van der Waals surface area (Å²) in [6.45, 7) is 4.22. The van der Waals surface area contributed by atoms with E-state index in [1.807, 2.05) is 49.8 Å². The van der Waals surface area contributed by atoms with E-state index in [9.17, 15) is 0 Å². The zero-order valence-electron chi connectivity index (χ0n) is 11.5. The molecule has 0 atom stereocenters. The number of aromatic nitrogens is 2. The highest BCUT2D eigenvalue weighted by molar-refractivity contribution is 6.49. The Morgan fingerprint density at radius 2 is 2.11 bits per heavy atom. The van der Waals surface area contributed by atoms with Gasteiger partial charge in [0.25, 0.3) is 9.04 Å². The van der Waals surface area contributed by atoms with Crippen LogP contribution in [0.1, 0.15) is 5.69 Å². The van der Waals surface area contributed by atoms with Crippen molar-refractivity contribution in [2.75, 3.05) is 0 Å². The fourth-order valence-electron chi connectivity index (χ4n) is 1.68. The van der Waals surface area contributed by atoms with Gasteiger partial charge in [0.1, 0.15) is 11.4 Å². The molecule has 1 radical (unpaired) electrons. The van der Waals surface area contributed by atoms with E-state index in [0.29, 0.717) is 0 Å². The lowest BCUT2D eigenvalue weighted by atomic mass is 10.3.